The first-order valence-electron chi connectivity index (χ1n) is 29.6. The average molecular weight is 1180 g/mol. The predicted molar refractivity (Wildman–Crippen MR) is 345 cm³/mol. The summed E-state index contributed by atoms with van der Waals surface area (Å²) in [7, 11) is 0. The van der Waals surface area contributed by atoms with Crippen molar-refractivity contribution in [2.24, 2.45) is 17.2 Å². The molecule has 88 heavy (non-hydrogen) atoms. The Hall–Kier alpha value is -10.1. The number of aromatic hydroxyl groups is 3. The first-order chi connectivity index (χ1) is 42.7. The Bertz CT molecular complexity index is 3780. The van der Waals surface area contributed by atoms with Gasteiger partial charge in [-0.2, -0.15) is 0 Å². The lowest BCUT2D eigenvalue weighted by Gasteiger charge is -2.22. The van der Waals surface area contributed by atoms with Crippen LogP contribution in [0.2, 0.25) is 0 Å². The van der Waals surface area contributed by atoms with Gasteiger partial charge in [-0.3, -0.25) is 28.8 Å². The number of hydrogen-bond donors (Lipinski definition) is 12. The lowest BCUT2D eigenvalue weighted by atomic mass is 9.85. The van der Waals surface area contributed by atoms with Crippen molar-refractivity contribution < 1.29 is 44.1 Å². The third-order valence-corrected chi connectivity index (χ3v) is 15.6. The number of phenolic OH excluding ortho intramolecular Hbond substituents is 3. The number of carbonyl (C=O) groups excluding carboxylic acids is 6. The van der Waals surface area contributed by atoms with Crippen molar-refractivity contribution in [1.82, 2.24) is 16.0 Å². The molecule has 452 valence electrons. The van der Waals surface area contributed by atoms with E-state index in [1.54, 1.807) is 115 Å². The Balaban J connectivity index is 0.965. The zero-order valence-corrected chi connectivity index (χ0v) is 48.6. The summed E-state index contributed by atoms with van der Waals surface area (Å²) in [5.41, 5.74) is 22.3. The fourth-order valence-corrected chi connectivity index (χ4v) is 10.9. The Labute approximate surface area is 509 Å². The van der Waals surface area contributed by atoms with E-state index in [-0.39, 0.29) is 17.2 Å². The van der Waals surface area contributed by atoms with Crippen LogP contribution >= 0.6 is 0 Å². The third kappa shape index (κ3) is 15.8. The Morgan fingerprint density at radius 3 is 1.01 bits per heavy atom. The fourth-order valence-electron chi connectivity index (χ4n) is 10.9. The summed E-state index contributed by atoms with van der Waals surface area (Å²) < 4.78 is 0. The molecule has 9 aromatic rings. The Morgan fingerprint density at radius 2 is 0.659 bits per heavy atom. The smallest absolute Gasteiger partial charge is 0.252 e. The average Bonchev–Trinajstić information content (AvgIpc) is 3.42. The molecule has 0 aliphatic carbocycles. The molecule has 0 aliphatic heterocycles. The standard InChI is InChI=1S/C70H73N9O9/c71-37-4-1-16-61(77-65(83)56-13-9-12-48-40-52(80)35-36-55(48)56)68(86)74-49-27-19-45(20-28-49)64(46-21-29-50(30-22-46)75-69(87)62(17-2-5-38-72)78-66(84)57-14-7-10-43-25-33-53(81)41-59(43)57)47-23-31-51(32-24-47)76-70(88)63(18-3-6-39-73)79-67(85)58-15-8-11-44-26-34-54(82)42-60(44)58/h7-15,19-36,40-42,61-64,80-82H,1-6,16-18,37-39,71-73H2,(H,74,86)(H,75,87)(H,76,88)(H,77,83)(H,78,84)(H,79,85)/t61-,62-,63+,64?/m1/s1. The quantitative estimate of drug-likeness (QED) is 0.0169. The molecular weight excluding hydrogens is 1110 g/mol. The second kappa shape index (κ2) is 29.8. The van der Waals surface area contributed by atoms with E-state index in [0.29, 0.717) is 133 Å². The van der Waals surface area contributed by atoms with Gasteiger partial charge in [-0.1, -0.05) is 84.9 Å². The van der Waals surface area contributed by atoms with E-state index < -0.39 is 59.5 Å². The van der Waals surface area contributed by atoms with Crippen molar-refractivity contribution in [3.05, 3.63) is 215 Å². The van der Waals surface area contributed by atoms with Gasteiger partial charge < -0.3 is 64.4 Å². The zero-order valence-electron chi connectivity index (χ0n) is 48.6. The highest BCUT2D eigenvalue weighted by Crippen LogP contribution is 2.35. The molecule has 1 unspecified atom stereocenters. The Morgan fingerprint density at radius 1 is 0.341 bits per heavy atom. The first kappa shape index (κ1) is 62.4. The number of unbranched alkanes of at least 4 members (excludes halogenated alkanes) is 3. The maximum Gasteiger partial charge on any atom is 0.252 e. The highest BCUT2D eigenvalue weighted by molar-refractivity contribution is 6.11. The number of hydrogen-bond acceptors (Lipinski definition) is 12. The molecule has 0 heterocycles. The summed E-state index contributed by atoms with van der Waals surface area (Å²) in [6, 6.07) is 49.1. The summed E-state index contributed by atoms with van der Waals surface area (Å²) >= 11 is 0. The molecule has 4 atom stereocenters. The van der Waals surface area contributed by atoms with Crippen molar-refractivity contribution in [1.29, 1.82) is 0 Å². The highest BCUT2D eigenvalue weighted by Gasteiger charge is 2.27. The number of fused-ring (bicyclic) bond motifs is 3. The van der Waals surface area contributed by atoms with Crippen LogP contribution in [-0.4, -0.2) is 88.5 Å². The summed E-state index contributed by atoms with van der Waals surface area (Å²) in [4.78, 5) is 83.8. The van der Waals surface area contributed by atoms with E-state index in [4.69, 9.17) is 17.2 Å². The predicted octanol–water partition coefficient (Wildman–Crippen LogP) is 10.0. The maximum absolute atomic E-state index is 14.1. The minimum atomic E-state index is -0.924. The molecule has 6 amide bonds. The van der Waals surface area contributed by atoms with Gasteiger partial charge in [0.2, 0.25) is 17.7 Å². The van der Waals surface area contributed by atoms with Crippen LogP contribution in [-0.2, 0) is 14.4 Å². The van der Waals surface area contributed by atoms with Gasteiger partial charge in [0.1, 0.15) is 35.4 Å². The number of amides is 6. The van der Waals surface area contributed by atoms with Crippen molar-refractivity contribution in [2.75, 3.05) is 35.6 Å². The van der Waals surface area contributed by atoms with E-state index in [9.17, 15) is 44.1 Å². The SMILES string of the molecule is NCCCC[C@H](NC(=O)c1cccc2ccc(O)cc12)C(=O)Nc1ccc(C(c2ccc(NC(=O)[C@@H](CCCCN)NC(=O)c3cccc4cc(O)ccc34)cc2)c2ccc(NC(=O)[C@@H](CCCCN)NC(=O)c3cccc4ccc(O)cc34)cc2)cc1. The number of benzene rings is 9. The van der Waals surface area contributed by atoms with Gasteiger partial charge in [0, 0.05) is 39.7 Å². The molecule has 0 aliphatic rings. The molecule has 18 heteroatoms. The van der Waals surface area contributed by atoms with Crippen LogP contribution < -0.4 is 49.1 Å². The van der Waals surface area contributed by atoms with E-state index in [2.05, 4.69) is 31.9 Å². The lowest BCUT2D eigenvalue weighted by Crippen LogP contribution is -2.44. The van der Waals surface area contributed by atoms with Gasteiger partial charge in [0.25, 0.3) is 17.7 Å². The van der Waals surface area contributed by atoms with Crippen molar-refractivity contribution in [2.45, 2.75) is 81.8 Å². The van der Waals surface area contributed by atoms with Gasteiger partial charge in [-0.25, -0.2) is 0 Å². The number of anilines is 3. The van der Waals surface area contributed by atoms with E-state index in [0.717, 1.165) is 27.5 Å². The molecule has 0 saturated carbocycles. The normalized spacial score (nSPS) is 12.6. The molecule has 9 aromatic carbocycles. The first-order valence-corrected chi connectivity index (χ1v) is 29.6. The molecule has 18 nitrogen and oxygen atoms in total. The highest BCUT2D eigenvalue weighted by atomic mass is 16.3. The van der Waals surface area contributed by atoms with Crippen LogP contribution in [0.1, 0.15) is 111 Å². The van der Waals surface area contributed by atoms with E-state index in [1.807, 2.05) is 48.5 Å². The molecular formula is C70H73N9O9. The van der Waals surface area contributed by atoms with Gasteiger partial charge >= 0.3 is 0 Å². The molecule has 0 fully saturated rings. The van der Waals surface area contributed by atoms with Crippen LogP contribution in [0.25, 0.3) is 32.3 Å². The monoisotopic (exact) mass is 1180 g/mol. The lowest BCUT2D eigenvalue weighted by molar-refractivity contribution is -0.118. The molecule has 0 aromatic heterocycles. The summed E-state index contributed by atoms with van der Waals surface area (Å²) in [6.45, 7) is 1.24. The molecule has 15 N–H and O–H groups in total. The van der Waals surface area contributed by atoms with Crippen LogP contribution in [0.5, 0.6) is 17.2 Å². The molecule has 0 spiro atoms. The number of rotatable bonds is 27. The minimum Gasteiger partial charge on any atom is -0.508 e. The molecule has 0 bridgehead atoms. The minimum absolute atomic E-state index is 0.00616. The van der Waals surface area contributed by atoms with Crippen LogP contribution in [0, 0.1) is 0 Å². The fraction of sp³-hybridized carbons (Fsp3) is 0.229. The van der Waals surface area contributed by atoms with E-state index in [1.165, 1.54) is 18.2 Å². The molecule has 0 radical (unpaired) electrons. The molecule has 9 rings (SSSR count). The second-order valence-electron chi connectivity index (χ2n) is 21.8. The van der Waals surface area contributed by atoms with Crippen molar-refractivity contribution in [3.63, 3.8) is 0 Å². The van der Waals surface area contributed by atoms with Gasteiger partial charge in [-0.05, 0) is 223 Å². The Kier molecular flexibility index (Phi) is 21.1. The summed E-state index contributed by atoms with van der Waals surface area (Å²) in [5.74, 6) is -3.04. The number of carbonyl (C=O) groups is 6. The summed E-state index contributed by atoms with van der Waals surface area (Å²) in [5, 5.41) is 52.2. The largest absolute Gasteiger partial charge is 0.508 e. The topological polar surface area (TPSA) is 313 Å². The second-order valence-corrected chi connectivity index (χ2v) is 21.8. The number of nitrogens with one attached hydrogen (secondary N) is 6. The molecule has 0 saturated heterocycles. The summed E-state index contributed by atoms with van der Waals surface area (Å²) in [6.07, 6.45) is 4.63. The van der Waals surface area contributed by atoms with Crippen LogP contribution in [0.3, 0.4) is 0 Å². The van der Waals surface area contributed by atoms with Gasteiger partial charge in [0.05, 0.1) is 0 Å². The van der Waals surface area contributed by atoms with Crippen LogP contribution in [0.15, 0.2) is 182 Å². The van der Waals surface area contributed by atoms with Crippen LogP contribution in [0.4, 0.5) is 17.1 Å². The van der Waals surface area contributed by atoms with Crippen molar-refractivity contribution >= 4 is 84.8 Å². The number of phenols is 3. The zero-order chi connectivity index (χ0) is 62.1. The van der Waals surface area contributed by atoms with E-state index >= 15 is 0 Å². The third-order valence-electron chi connectivity index (χ3n) is 15.6. The van der Waals surface area contributed by atoms with Crippen molar-refractivity contribution in [3.8, 4) is 17.2 Å². The van der Waals surface area contributed by atoms with Gasteiger partial charge in [0.15, 0.2) is 0 Å². The number of nitrogens with two attached hydrogens (primary N) is 3. The maximum atomic E-state index is 14.1. The van der Waals surface area contributed by atoms with Gasteiger partial charge in [-0.15, -0.1) is 0 Å².